The topological polar surface area (TPSA) is 61.4 Å². The highest BCUT2D eigenvalue weighted by Gasteiger charge is 2.23. The van der Waals surface area contributed by atoms with Crippen molar-refractivity contribution >= 4 is 40.7 Å². The molecule has 2 N–H and O–H groups in total. The third-order valence-corrected chi connectivity index (χ3v) is 3.55. The van der Waals surface area contributed by atoms with Crippen molar-refractivity contribution in [3.8, 4) is 0 Å². The summed E-state index contributed by atoms with van der Waals surface area (Å²) in [7, 11) is 0. The maximum atomic E-state index is 12.1. The van der Waals surface area contributed by atoms with Gasteiger partial charge in [0.15, 0.2) is 0 Å². The molecule has 20 heavy (non-hydrogen) atoms. The van der Waals surface area contributed by atoms with E-state index in [4.69, 9.17) is 23.2 Å². The lowest BCUT2D eigenvalue weighted by Crippen LogP contribution is -2.41. The molecule has 0 spiro atoms. The molecular weight excluding hydrogens is 301 g/mol. The van der Waals surface area contributed by atoms with Gasteiger partial charge in [-0.3, -0.25) is 9.59 Å². The van der Waals surface area contributed by atoms with Gasteiger partial charge in [0.25, 0.3) is 0 Å². The lowest BCUT2D eigenvalue weighted by molar-refractivity contribution is -0.143. The molecule has 0 unspecified atom stereocenters. The molecule has 1 aromatic carbocycles. The van der Waals surface area contributed by atoms with Crippen molar-refractivity contribution < 1.29 is 9.59 Å². The molecule has 1 saturated heterocycles. The Kier molecular flexibility index (Phi) is 5.23. The maximum absolute atomic E-state index is 12.1. The first-order valence-electron chi connectivity index (χ1n) is 6.34. The third-order valence-electron chi connectivity index (χ3n) is 3.00. The molecule has 2 rings (SSSR count). The summed E-state index contributed by atoms with van der Waals surface area (Å²) in [6, 6.07) is 4.68. The van der Waals surface area contributed by atoms with Crippen LogP contribution in [0.4, 0.5) is 5.69 Å². The van der Waals surface area contributed by atoms with Crippen LogP contribution in [0.25, 0.3) is 0 Å². The average molecular weight is 316 g/mol. The first kappa shape index (κ1) is 15.1. The molecule has 5 nitrogen and oxygen atoms in total. The minimum Gasteiger partial charge on any atom is -0.333 e. The lowest BCUT2D eigenvalue weighted by Gasteiger charge is -2.19. The van der Waals surface area contributed by atoms with Gasteiger partial charge < -0.3 is 15.5 Å². The van der Waals surface area contributed by atoms with E-state index in [0.717, 1.165) is 13.0 Å². The second-order valence-corrected chi connectivity index (χ2v) is 5.32. The summed E-state index contributed by atoms with van der Waals surface area (Å²) in [6.07, 6.45) is 0.834. The summed E-state index contributed by atoms with van der Waals surface area (Å²) in [5, 5.41) is 6.46. The lowest BCUT2D eigenvalue weighted by atomic mass is 10.3. The molecule has 0 saturated carbocycles. The summed E-state index contributed by atoms with van der Waals surface area (Å²) in [4.78, 5) is 25.5. The van der Waals surface area contributed by atoms with E-state index in [9.17, 15) is 9.59 Å². The molecule has 1 aliphatic rings. The monoisotopic (exact) mass is 315 g/mol. The van der Waals surface area contributed by atoms with Gasteiger partial charge >= 0.3 is 11.8 Å². The molecular formula is C13H15Cl2N3O2. The van der Waals surface area contributed by atoms with Crippen LogP contribution < -0.4 is 10.6 Å². The molecule has 0 aliphatic carbocycles. The number of nitrogens with zero attached hydrogens (tertiary/aromatic N) is 1. The number of benzene rings is 1. The van der Waals surface area contributed by atoms with E-state index in [1.165, 1.54) is 6.07 Å². The number of amides is 2. The minimum atomic E-state index is -0.684. The average Bonchev–Trinajstić information content (AvgIpc) is 2.70. The Morgan fingerprint density at radius 1 is 1.20 bits per heavy atom. The first-order valence-corrected chi connectivity index (χ1v) is 7.09. The molecule has 2 amide bonds. The largest absolute Gasteiger partial charge is 0.333 e. The van der Waals surface area contributed by atoms with Gasteiger partial charge in [-0.15, -0.1) is 0 Å². The molecule has 0 radical (unpaired) electrons. The Labute approximate surface area is 127 Å². The van der Waals surface area contributed by atoms with Crippen molar-refractivity contribution in [3.63, 3.8) is 0 Å². The van der Waals surface area contributed by atoms with Gasteiger partial charge in [0.1, 0.15) is 0 Å². The van der Waals surface area contributed by atoms with Gasteiger partial charge in [-0.25, -0.2) is 0 Å². The fourth-order valence-corrected chi connectivity index (χ4v) is 2.41. The molecule has 108 valence electrons. The number of rotatable bonds is 1. The van der Waals surface area contributed by atoms with Crippen molar-refractivity contribution in [1.82, 2.24) is 10.2 Å². The summed E-state index contributed by atoms with van der Waals surface area (Å²) in [6.45, 7) is 2.66. The van der Waals surface area contributed by atoms with Crippen molar-refractivity contribution in [2.24, 2.45) is 0 Å². The Morgan fingerprint density at radius 2 is 2.00 bits per heavy atom. The van der Waals surface area contributed by atoms with Gasteiger partial charge in [-0.2, -0.15) is 0 Å². The van der Waals surface area contributed by atoms with Crippen LogP contribution in [0.15, 0.2) is 18.2 Å². The van der Waals surface area contributed by atoms with E-state index in [0.29, 0.717) is 35.4 Å². The zero-order chi connectivity index (χ0) is 14.5. The SMILES string of the molecule is O=C(Nc1ccc(Cl)cc1Cl)C(=O)N1CCCNCC1. The molecule has 0 atom stereocenters. The second-order valence-electron chi connectivity index (χ2n) is 4.47. The Morgan fingerprint density at radius 3 is 2.75 bits per heavy atom. The highest BCUT2D eigenvalue weighted by molar-refractivity contribution is 6.42. The normalized spacial score (nSPS) is 15.6. The van der Waals surface area contributed by atoms with Crippen molar-refractivity contribution in [1.29, 1.82) is 0 Å². The quantitative estimate of drug-likeness (QED) is 0.776. The van der Waals surface area contributed by atoms with Crippen LogP contribution >= 0.6 is 23.2 Å². The van der Waals surface area contributed by atoms with Crippen LogP contribution in [0.1, 0.15) is 6.42 Å². The first-order chi connectivity index (χ1) is 9.58. The van der Waals surface area contributed by atoms with Crippen LogP contribution in [0.3, 0.4) is 0 Å². The standard InChI is InChI=1S/C13H15Cl2N3O2/c14-9-2-3-11(10(15)8-9)17-12(19)13(20)18-6-1-4-16-5-7-18/h2-3,8,16H,1,4-7H2,(H,17,19). The fraction of sp³-hybridized carbons (Fsp3) is 0.385. The van der Waals surface area contributed by atoms with Crippen LogP contribution in [-0.4, -0.2) is 42.9 Å². The van der Waals surface area contributed by atoms with Crippen molar-refractivity contribution in [2.75, 3.05) is 31.5 Å². The predicted octanol–water partition coefficient (Wildman–Crippen LogP) is 1.75. The third kappa shape index (κ3) is 3.85. The number of nitrogens with one attached hydrogen (secondary N) is 2. The van der Waals surface area contributed by atoms with Gasteiger partial charge in [-0.1, -0.05) is 23.2 Å². The van der Waals surface area contributed by atoms with Gasteiger partial charge in [-0.05, 0) is 31.2 Å². The molecule has 0 bridgehead atoms. The van der Waals surface area contributed by atoms with E-state index in [2.05, 4.69) is 10.6 Å². The number of carbonyl (C=O) groups excluding carboxylic acids is 2. The van der Waals surface area contributed by atoms with Crippen LogP contribution in [0, 0.1) is 0 Å². The Hall–Kier alpha value is -1.30. The number of halogens is 2. The zero-order valence-electron chi connectivity index (χ0n) is 10.8. The van der Waals surface area contributed by atoms with E-state index < -0.39 is 11.8 Å². The van der Waals surface area contributed by atoms with Crippen LogP contribution in [0.2, 0.25) is 10.0 Å². The van der Waals surface area contributed by atoms with Crippen LogP contribution in [-0.2, 0) is 9.59 Å². The highest BCUT2D eigenvalue weighted by Crippen LogP contribution is 2.25. The van der Waals surface area contributed by atoms with Crippen molar-refractivity contribution in [3.05, 3.63) is 28.2 Å². The molecule has 1 aromatic rings. The second kappa shape index (κ2) is 6.92. The Balaban J connectivity index is 2.01. The van der Waals surface area contributed by atoms with E-state index in [1.54, 1.807) is 17.0 Å². The predicted molar refractivity (Wildman–Crippen MR) is 79.2 cm³/mol. The Bertz CT molecular complexity index is 514. The number of hydrogen-bond acceptors (Lipinski definition) is 3. The van der Waals surface area contributed by atoms with Crippen molar-refractivity contribution in [2.45, 2.75) is 6.42 Å². The van der Waals surface area contributed by atoms with Gasteiger partial charge in [0.2, 0.25) is 0 Å². The number of hydrogen-bond donors (Lipinski definition) is 2. The van der Waals surface area contributed by atoms with Crippen LogP contribution in [0.5, 0.6) is 0 Å². The van der Waals surface area contributed by atoms with Gasteiger partial charge in [0, 0.05) is 24.7 Å². The molecule has 7 heteroatoms. The molecule has 1 heterocycles. The summed E-state index contributed by atoms with van der Waals surface area (Å²) in [5.41, 5.74) is 0.377. The van der Waals surface area contributed by atoms with E-state index in [1.807, 2.05) is 0 Å². The summed E-state index contributed by atoms with van der Waals surface area (Å²) < 4.78 is 0. The smallest absolute Gasteiger partial charge is 0.313 e. The van der Waals surface area contributed by atoms with Gasteiger partial charge in [0.05, 0.1) is 10.7 Å². The maximum Gasteiger partial charge on any atom is 0.313 e. The minimum absolute atomic E-state index is 0.302. The summed E-state index contributed by atoms with van der Waals surface area (Å²) in [5.74, 6) is -1.23. The fourth-order valence-electron chi connectivity index (χ4n) is 1.96. The molecule has 0 aromatic heterocycles. The molecule has 1 fully saturated rings. The summed E-state index contributed by atoms with van der Waals surface area (Å²) >= 11 is 11.7. The number of carbonyl (C=O) groups is 2. The zero-order valence-corrected chi connectivity index (χ0v) is 12.3. The highest BCUT2D eigenvalue weighted by atomic mass is 35.5. The van der Waals surface area contributed by atoms with E-state index in [-0.39, 0.29) is 0 Å². The number of anilines is 1. The molecule has 1 aliphatic heterocycles. The van der Waals surface area contributed by atoms with E-state index >= 15 is 0 Å².